The maximum absolute atomic E-state index is 13.1. The minimum absolute atomic E-state index is 0.0776. The smallest absolute Gasteiger partial charge is 0.416 e. The molecule has 0 spiro atoms. The van der Waals surface area contributed by atoms with Gasteiger partial charge in [0.25, 0.3) is 5.56 Å². The number of nitrogens with one attached hydrogen (secondary N) is 2. The molecule has 0 saturated carbocycles. The molecule has 2 N–H and O–H groups in total. The van der Waals surface area contributed by atoms with E-state index in [2.05, 4.69) is 30.9 Å². The SMILES string of the molecule is COc1cc(C(F)(F)F)ccc1Nc1nccn(-c2cc(C)c(OCc3nn[nH]n3)c(C)c2)c1=O. The largest absolute Gasteiger partial charge is 0.495 e. The third-order valence-electron chi connectivity index (χ3n) is 5.08. The van der Waals surface area contributed by atoms with Crippen LogP contribution >= 0.6 is 0 Å². The number of tetrazole rings is 1. The Morgan fingerprint density at radius 2 is 1.89 bits per heavy atom. The molecule has 35 heavy (non-hydrogen) atoms. The standard InChI is InChI=1S/C22H20F3N7O3/c1-12-8-15(9-13(2)19(12)35-11-18-28-30-31-29-18)32-7-6-26-20(21(32)33)27-16-5-4-14(22(23,24)25)10-17(16)34-3/h4-10H,11H2,1-3H3,(H,26,27)(H,28,29,30,31). The fourth-order valence-electron chi connectivity index (χ4n) is 3.47. The van der Waals surface area contributed by atoms with Gasteiger partial charge in [-0.1, -0.05) is 5.21 Å². The first-order valence-electron chi connectivity index (χ1n) is 10.2. The fraction of sp³-hybridized carbons (Fsp3) is 0.227. The van der Waals surface area contributed by atoms with Gasteiger partial charge in [0.15, 0.2) is 12.4 Å². The summed E-state index contributed by atoms with van der Waals surface area (Å²) in [4.78, 5) is 17.2. The highest BCUT2D eigenvalue weighted by molar-refractivity contribution is 5.65. The van der Waals surface area contributed by atoms with Gasteiger partial charge in [0.2, 0.25) is 5.82 Å². The number of hydrogen-bond donors (Lipinski definition) is 2. The molecule has 0 aliphatic heterocycles. The number of aromatic amines is 1. The van der Waals surface area contributed by atoms with Crippen molar-refractivity contribution in [2.45, 2.75) is 26.6 Å². The molecule has 0 unspecified atom stereocenters. The van der Waals surface area contributed by atoms with Crippen molar-refractivity contribution in [2.24, 2.45) is 0 Å². The average Bonchev–Trinajstić information content (AvgIpc) is 3.33. The average molecular weight is 487 g/mol. The Morgan fingerprint density at radius 1 is 1.14 bits per heavy atom. The fourth-order valence-corrected chi connectivity index (χ4v) is 3.47. The Bertz CT molecular complexity index is 1380. The van der Waals surface area contributed by atoms with E-state index in [1.165, 1.54) is 30.1 Å². The summed E-state index contributed by atoms with van der Waals surface area (Å²) in [6.45, 7) is 3.79. The Morgan fingerprint density at radius 3 is 2.51 bits per heavy atom. The van der Waals surface area contributed by atoms with Gasteiger partial charge in [-0.05, 0) is 55.3 Å². The van der Waals surface area contributed by atoms with E-state index in [-0.39, 0.29) is 23.9 Å². The summed E-state index contributed by atoms with van der Waals surface area (Å²) in [6, 6.07) is 6.46. The third kappa shape index (κ3) is 5.08. The number of methoxy groups -OCH3 is 1. The topological polar surface area (TPSA) is 120 Å². The highest BCUT2D eigenvalue weighted by atomic mass is 19.4. The van der Waals surface area contributed by atoms with Gasteiger partial charge in [-0.25, -0.2) is 4.98 Å². The van der Waals surface area contributed by atoms with Crippen LogP contribution in [0, 0.1) is 13.8 Å². The monoisotopic (exact) mass is 487 g/mol. The second-order valence-corrected chi connectivity index (χ2v) is 7.51. The zero-order valence-electron chi connectivity index (χ0n) is 18.8. The van der Waals surface area contributed by atoms with Crippen LogP contribution in [0.15, 0.2) is 47.5 Å². The van der Waals surface area contributed by atoms with E-state index in [4.69, 9.17) is 9.47 Å². The van der Waals surface area contributed by atoms with Crippen LogP contribution in [-0.2, 0) is 12.8 Å². The number of rotatable bonds is 7. The maximum Gasteiger partial charge on any atom is 0.416 e. The predicted octanol–water partition coefficient (Wildman–Crippen LogP) is 3.71. The number of benzene rings is 2. The van der Waals surface area contributed by atoms with Crippen LogP contribution in [0.3, 0.4) is 0 Å². The second-order valence-electron chi connectivity index (χ2n) is 7.51. The van der Waals surface area contributed by atoms with E-state index in [9.17, 15) is 18.0 Å². The van der Waals surface area contributed by atoms with Crippen molar-refractivity contribution in [3.8, 4) is 17.2 Å². The first-order chi connectivity index (χ1) is 16.7. The van der Waals surface area contributed by atoms with Crippen LogP contribution in [0.25, 0.3) is 5.69 Å². The van der Waals surface area contributed by atoms with E-state index in [0.717, 1.165) is 23.3 Å². The molecule has 13 heteroatoms. The molecule has 2 heterocycles. The maximum atomic E-state index is 13.1. The Kier molecular flexibility index (Phi) is 6.40. The Balaban J connectivity index is 1.63. The van der Waals surface area contributed by atoms with E-state index >= 15 is 0 Å². The zero-order chi connectivity index (χ0) is 25.2. The second kappa shape index (κ2) is 9.44. The number of alkyl halides is 3. The minimum Gasteiger partial charge on any atom is -0.495 e. The molecule has 4 rings (SSSR count). The highest BCUT2D eigenvalue weighted by Gasteiger charge is 2.31. The van der Waals surface area contributed by atoms with E-state index < -0.39 is 17.3 Å². The lowest BCUT2D eigenvalue weighted by atomic mass is 10.1. The van der Waals surface area contributed by atoms with Crippen LogP contribution in [0.5, 0.6) is 11.5 Å². The normalized spacial score (nSPS) is 11.4. The minimum atomic E-state index is -4.53. The number of H-pyrrole nitrogens is 1. The Labute approximate surface area is 196 Å². The van der Waals surface area contributed by atoms with Gasteiger partial charge in [0.05, 0.1) is 18.4 Å². The van der Waals surface area contributed by atoms with E-state index in [1.807, 2.05) is 13.8 Å². The number of anilines is 2. The van der Waals surface area contributed by atoms with Crippen molar-refractivity contribution in [1.82, 2.24) is 30.2 Å². The van der Waals surface area contributed by atoms with Gasteiger partial charge in [0, 0.05) is 18.1 Å². The third-order valence-corrected chi connectivity index (χ3v) is 5.08. The summed E-state index contributed by atoms with van der Waals surface area (Å²) < 4.78 is 51.3. The summed E-state index contributed by atoms with van der Waals surface area (Å²) in [5, 5.41) is 16.3. The van der Waals surface area contributed by atoms with Gasteiger partial charge in [-0.2, -0.15) is 18.4 Å². The molecule has 0 aliphatic rings. The Hall–Kier alpha value is -4.42. The molecule has 4 aromatic rings. The lowest BCUT2D eigenvalue weighted by Crippen LogP contribution is -2.22. The predicted molar refractivity (Wildman–Crippen MR) is 119 cm³/mol. The van der Waals surface area contributed by atoms with Crippen molar-refractivity contribution in [1.29, 1.82) is 0 Å². The summed E-state index contributed by atoms with van der Waals surface area (Å²) in [5.41, 5.74) is 0.888. The van der Waals surface area contributed by atoms with Gasteiger partial charge >= 0.3 is 6.18 Å². The highest BCUT2D eigenvalue weighted by Crippen LogP contribution is 2.35. The van der Waals surface area contributed by atoms with Crippen LogP contribution in [-0.4, -0.2) is 37.3 Å². The molecule has 0 amide bonds. The molecular weight excluding hydrogens is 467 g/mol. The van der Waals surface area contributed by atoms with Crippen LogP contribution < -0.4 is 20.3 Å². The zero-order valence-corrected chi connectivity index (χ0v) is 18.8. The molecule has 0 aliphatic carbocycles. The van der Waals surface area contributed by atoms with Gasteiger partial charge in [0.1, 0.15) is 11.5 Å². The number of aryl methyl sites for hydroxylation is 2. The van der Waals surface area contributed by atoms with Crippen LogP contribution in [0.1, 0.15) is 22.5 Å². The quantitative estimate of drug-likeness (QED) is 0.405. The number of nitrogens with zero attached hydrogens (tertiary/aromatic N) is 5. The van der Waals surface area contributed by atoms with Crippen molar-refractivity contribution in [2.75, 3.05) is 12.4 Å². The van der Waals surface area contributed by atoms with Crippen LogP contribution in [0.4, 0.5) is 24.7 Å². The molecule has 2 aromatic carbocycles. The van der Waals surface area contributed by atoms with E-state index in [0.29, 0.717) is 17.3 Å². The van der Waals surface area contributed by atoms with Crippen molar-refractivity contribution in [3.63, 3.8) is 0 Å². The molecule has 2 aromatic heterocycles. The van der Waals surface area contributed by atoms with E-state index in [1.54, 1.807) is 12.1 Å². The lowest BCUT2D eigenvalue weighted by molar-refractivity contribution is -0.137. The summed E-state index contributed by atoms with van der Waals surface area (Å²) in [7, 11) is 1.24. The molecule has 0 saturated heterocycles. The molecular formula is C22H20F3N7O3. The van der Waals surface area contributed by atoms with Crippen molar-refractivity contribution < 1.29 is 22.6 Å². The number of halogens is 3. The molecule has 10 nitrogen and oxygen atoms in total. The molecule has 182 valence electrons. The molecule has 0 radical (unpaired) electrons. The first-order valence-corrected chi connectivity index (χ1v) is 10.2. The summed E-state index contributed by atoms with van der Waals surface area (Å²) in [6.07, 6.45) is -1.63. The van der Waals surface area contributed by atoms with Gasteiger partial charge < -0.3 is 14.8 Å². The summed E-state index contributed by atoms with van der Waals surface area (Å²) >= 11 is 0. The van der Waals surface area contributed by atoms with Gasteiger partial charge in [-0.15, -0.1) is 10.2 Å². The lowest BCUT2D eigenvalue weighted by Gasteiger charge is -2.16. The number of aromatic nitrogens is 6. The first kappa shape index (κ1) is 23.7. The van der Waals surface area contributed by atoms with Gasteiger partial charge in [-0.3, -0.25) is 9.36 Å². The van der Waals surface area contributed by atoms with Crippen molar-refractivity contribution >= 4 is 11.5 Å². The van der Waals surface area contributed by atoms with Crippen LogP contribution in [0.2, 0.25) is 0 Å². The van der Waals surface area contributed by atoms with Crippen molar-refractivity contribution in [3.05, 3.63) is 75.6 Å². The molecule has 0 bridgehead atoms. The number of hydrogen-bond acceptors (Lipinski definition) is 8. The summed E-state index contributed by atoms with van der Waals surface area (Å²) in [5.74, 6) is 0.852. The number of ether oxygens (including phenoxy) is 2. The molecule has 0 atom stereocenters. The molecule has 0 fully saturated rings.